The van der Waals surface area contributed by atoms with Crippen molar-refractivity contribution in [3.63, 3.8) is 0 Å². The second-order valence-corrected chi connectivity index (χ2v) is 9.41. The van der Waals surface area contributed by atoms with E-state index in [0.717, 1.165) is 17.9 Å². The van der Waals surface area contributed by atoms with Crippen LogP contribution in [0.3, 0.4) is 0 Å². The maximum Gasteiger partial charge on any atom is 0.263 e. The number of rotatable bonds is 4. The van der Waals surface area contributed by atoms with E-state index in [1.807, 2.05) is 0 Å². The SMILES string of the molecule is Cc1ccc(NS(=O)(=O)c2cc(S(C)(=O)=O)ccc2Cl)cc1Cl. The molecule has 0 unspecified atom stereocenters. The molecule has 0 saturated heterocycles. The Labute approximate surface area is 145 Å². The van der Waals surface area contributed by atoms with Gasteiger partial charge in [-0.25, -0.2) is 16.8 Å². The lowest BCUT2D eigenvalue weighted by molar-refractivity contribution is 0.600. The van der Waals surface area contributed by atoms with Crippen molar-refractivity contribution >= 4 is 48.7 Å². The number of halogens is 2. The van der Waals surface area contributed by atoms with E-state index in [4.69, 9.17) is 23.2 Å². The normalized spacial score (nSPS) is 12.2. The zero-order valence-electron chi connectivity index (χ0n) is 12.2. The summed E-state index contributed by atoms with van der Waals surface area (Å²) in [6.07, 6.45) is 0.986. The van der Waals surface area contributed by atoms with Gasteiger partial charge in [0.1, 0.15) is 4.90 Å². The zero-order chi connectivity index (χ0) is 17.4. The van der Waals surface area contributed by atoms with Crippen LogP contribution >= 0.6 is 23.2 Å². The Morgan fingerprint density at radius 3 is 2.13 bits per heavy atom. The van der Waals surface area contributed by atoms with E-state index in [9.17, 15) is 16.8 Å². The summed E-state index contributed by atoms with van der Waals surface area (Å²) in [6.45, 7) is 1.78. The van der Waals surface area contributed by atoms with E-state index in [2.05, 4.69) is 4.72 Å². The van der Waals surface area contributed by atoms with Gasteiger partial charge in [-0.05, 0) is 42.8 Å². The minimum absolute atomic E-state index is 0.0805. The molecule has 0 amide bonds. The molecule has 0 saturated carbocycles. The average Bonchev–Trinajstić information content (AvgIpc) is 2.41. The second-order valence-electron chi connectivity index (χ2n) is 4.93. The molecule has 0 heterocycles. The molecule has 1 N–H and O–H groups in total. The maximum absolute atomic E-state index is 12.5. The number of hydrogen-bond donors (Lipinski definition) is 1. The molecule has 9 heteroatoms. The fourth-order valence-electron chi connectivity index (χ4n) is 1.79. The molecule has 0 aliphatic rings. The van der Waals surface area contributed by atoms with Gasteiger partial charge in [-0.2, -0.15) is 0 Å². The molecule has 2 aromatic carbocycles. The number of sulfonamides is 1. The van der Waals surface area contributed by atoms with Crippen molar-refractivity contribution in [1.29, 1.82) is 0 Å². The first-order valence-corrected chi connectivity index (χ1v) is 10.4. The summed E-state index contributed by atoms with van der Waals surface area (Å²) in [4.78, 5) is -0.456. The van der Waals surface area contributed by atoms with Gasteiger partial charge in [0.2, 0.25) is 0 Å². The smallest absolute Gasteiger partial charge is 0.263 e. The summed E-state index contributed by atoms with van der Waals surface area (Å²) in [5.41, 5.74) is 1.05. The number of nitrogens with one attached hydrogen (secondary N) is 1. The van der Waals surface area contributed by atoms with Crippen LogP contribution in [0.5, 0.6) is 0 Å². The van der Waals surface area contributed by atoms with E-state index in [1.54, 1.807) is 19.1 Å². The van der Waals surface area contributed by atoms with E-state index in [-0.39, 0.29) is 20.5 Å². The molecule has 2 aromatic rings. The Morgan fingerprint density at radius 1 is 0.913 bits per heavy atom. The highest BCUT2D eigenvalue weighted by Crippen LogP contribution is 2.28. The van der Waals surface area contributed by atoms with Crippen molar-refractivity contribution < 1.29 is 16.8 Å². The molecule has 0 aliphatic carbocycles. The van der Waals surface area contributed by atoms with Gasteiger partial charge >= 0.3 is 0 Å². The summed E-state index contributed by atoms with van der Waals surface area (Å²) < 4.78 is 50.4. The molecule has 0 radical (unpaired) electrons. The van der Waals surface area contributed by atoms with Crippen molar-refractivity contribution in [3.05, 3.63) is 52.0 Å². The lowest BCUT2D eigenvalue weighted by Crippen LogP contribution is -2.14. The third-order valence-corrected chi connectivity index (χ3v) is 6.42. The Hall–Kier alpha value is -1.28. The molecule has 0 fully saturated rings. The summed E-state index contributed by atoms with van der Waals surface area (Å²) >= 11 is 11.9. The number of sulfone groups is 1. The van der Waals surface area contributed by atoms with Crippen LogP contribution in [0.2, 0.25) is 10.0 Å². The Bertz CT molecular complexity index is 970. The quantitative estimate of drug-likeness (QED) is 0.861. The van der Waals surface area contributed by atoms with E-state index < -0.39 is 19.9 Å². The molecule has 5 nitrogen and oxygen atoms in total. The molecule has 23 heavy (non-hydrogen) atoms. The van der Waals surface area contributed by atoms with Crippen molar-refractivity contribution in [2.24, 2.45) is 0 Å². The average molecular weight is 394 g/mol. The van der Waals surface area contributed by atoms with E-state index in [1.165, 1.54) is 18.2 Å². The number of anilines is 1. The van der Waals surface area contributed by atoms with Gasteiger partial charge in [0.05, 0.1) is 15.6 Å². The standard InChI is InChI=1S/C14H13Cl2NO4S2/c1-9-3-4-10(7-13(9)16)17-23(20,21)14-8-11(22(2,18)19)5-6-12(14)15/h3-8,17H,1-2H3. The van der Waals surface area contributed by atoms with Crippen molar-refractivity contribution in [3.8, 4) is 0 Å². The van der Waals surface area contributed by atoms with E-state index in [0.29, 0.717) is 5.02 Å². The minimum atomic E-state index is -4.06. The molecular weight excluding hydrogens is 381 g/mol. The van der Waals surface area contributed by atoms with Crippen LogP contribution < -0.4 is 4.72 Å². The highest BCUT2D eigenvalue weighted by molar-refractivity contribution is 7.93. The van der Waals surface area contributed by atoms with Gasteiger partial charge in [-0.3, -0.25) is 4.72 Å². The van der Waals surface area contributed by atoms with Crippen LogP contribution in [0, 0.1) is 6.92 Å². The van der Waals surface area contributed by atoms with Crippen LogP contribution in [0.25, 0.3) is 0 Å². The Balaban J connectivity index is 2.49. The monoisotopic (exact) mass is 393 g/mol. The predicted molar refractivity (Wildman–Crippen MR) is 91.6 cm³/mol. The van der Waals surface area contributed by atoms with Gasteiger partial charge in [-0.1, -0.05) is 29.3 Å². The molecule has 0 aliphatic heterocycles. The van der Waals surface area contributed by atoms with Crippen molar-refractivity contribution in [2.45, 2.75) is 16.7 Å². The molecule has 0 bridgehead atoms. The van der Waals surface area contributed by atoms with Crippen LogP contribution in [0.15, 0.2) is 46.2 Å². The highest BCUT2D eigenvalue weighted by Gasteiger charge is 2.21. The number of benzene rings is 2. The highest BCUT2D eigenvalue weighted by atomic mass is 35.5. The fraction of sp³-hybridized carbons (Fsp3) is 0.143. The fourth-order valence-corrected chi connectivity index (χ4v) is 4.27. The molecular formula is C14H13Cl2NO4S2. The number of hydrogen-bond acceptors (Lipinski definition) is 4. The first-order chi connectivity index (χ1) is 10.5. The van der Waals surface area contributed by atoms with Gasteiger partial charge in [-0.15, -0.1) is 0 Å². The Kier molecular flexibility index (Phi) is 4.96. The lowest BCUT2D eigenvalue weighted by atomic mass is 10.2. The maximum atomic E-state index is 12.5. The van der Waals surface area contributed by atoms with Gasteiger partial charge in [0.15, 0.2) is 9.84 Å². The summed E-state index contributed by atoms with van der Waals surface area (Å²) in [5, 5.41) is 0.323. The molecule has 0 aromatic heterocycles. The van der Waals surface area contributed by atoms with Gasteiger partial charge < -0.3 is 0 Å². The molecule has 124 valence electrons. The van der Waals surface area contributed by atoms with Crippen LogP contribution in [-0.2, 0) is 19.9 Å². The summed E-state index contributed by atoms with van der Waals surface area (Å²) in [6, 6.07) is 8.18. The van der Waals surface area contributed by atoms with Crippen LogP contribution in [-0.4, -0.2) is 23.1 Å². The first-order valence-electron chi connectivity index (χ1n) is 6.29. The first kappa shape index (κ1) is 18.1. The minimum Gasteiger partial charge on any atom is -0.280 e. The zero-order valence-corrected chi connectivity index (χ0v) is 15.3. The van der Waals surface area contributed by atoms with Gasteiger partial charge in [0.25, 0.3) is 10.0 Å². The predicted octanol–water partition coefficient (Wildman–Crippen LogP) is 3.51. The van der Waals surface area contributed by atoms with Crippen LogP contribution in [0.4, 0.5) is 5.69 Å². The molecule has 0 spiro atoms. The van der Waals surface area contributed by atoms with Crippen molar-refractivity contribution in [2.75, 3.05) is 11.0 Å². The summed E-state index contributed by atoms with van der Waals surface area (Å²) in [7, 11) is -7.62. The molecule has 0 atom stereocenters. The molecule has 2 rings (SSSR count). The van der Waals surface area contributed by atoms with E-state index >= 15 is 0 Å². The Morgan fingerprint density at radius 2 is 1.57 bits per heavy atom. The largest absolute Gasteiger partial charge is 0.280 e. The van der Waals surface area contributed by atoms with Crippen molar-refractivity contribution in [1.82, 2.24) is 0 Å². The summed E-state index contributed by atoms with van der Waals surface area (Å²) in [5.74, 6) is 0. The third kappa shape index (κ3) is 4.17. The second kappa shape index (κ2) is 6.32. The van der Waals surface area contributed by atoms with Crippen LogP contribution in [0.1, 0.15) is 5.56 Å². The van der Waals surface area contributed by atoms with Gasteiger partial charge in [0, 0.05) is 11.3 Å². The lowest BCUT2D eigenvalue weighted by Gasteiger charge is -2.11. The number of aryl methyl sites for hydroxylation is 1. The third-order valence-electron chi connectivity index (χ3n) is 3.04. The topological polar surface area (TPSA) is 80.3 Å².